The molecule has 1 aliphatic heterocycles. The maximum Gasteiger partial charge on any atom is 0.414 e. The van der Waals surface area contributed by atoms with E-state index < -0.39 is 12.1 Å². The number of hydrogen-bond acceptors (Lipinski definition) is 3. The molecule has 112 valence electrons. The minimum atomic E-state index is -1.02. The highest BCUT2D eigenvalue weighted by Crippen LogP contribution is 2.26. The maximum absolute atomic E-state index is 12.0. The third-order valence-corrected chi connectivity index (χ3v) is 3.65. The van der Waals surface area contributed by atoms with Crippen molar-refractivity contribution in [3.8, 4) is 0 Å². The first-order valence-corrected chi connectivity index (χ1v) is 6.98. The molecule has 1 amide bonds. The predicted molar refractivity (Wildman–Crippen MR) is 81.2 cm³/mol. The highest BCUT2D eigenvalue weighted by atomic mass is 16.6. The molecule has 1 N–H and O–H groups in total. The van der Waals surface area contributed by atoms with Gasteiger partial charge in [0.2, 0.25) is 0 Å². The molecule has 2 aromatic rings. The van der Waals surface area contributed by atoms with Gasteiger partial charge in [-0.05, 0) is 30.2 Å². The van der Waals surface area contributed by atoms with Gasteiger partial charge in [0, 0.05) is 5.69 Å². The molecule has 5 heteroatoms. The van der Waals surface area contributed by atoms with Crippen molar-refractivity contribution in [1.29, 1.82) is 0 Å². The van der Waals surface area contributed by atoms with Crippen LogP contribution in [0.3, 0.4) is 0 Å². The van der Waals surface area contributed by atoms with E-state index in [2.05, 4.69) is 0 Å². The van der Waals surface area contributed by atoms with E-state index >= 15 is 0 Å². The van der Waals surface area contributed by atoms with Gasteiger partial charge >= 0.3 is 12.1 Å². The Kier molecular flexibility index (Phi) is 3.78. The number of benzene rings is 2. The molecule has 0 radical (unpaired) electrons. The number of anilines is 1. The van der Waals surface area contributed by atoms with Crippen molar-refractivity contribution >= 4 is 17.7 Å². The molecule has 1 aliphatic rings. The number of hydrogen-bond donors (Lipinski definition) is 1. The largest absolute Gasteiger partial charge is 0.478 e. The van der Waals surface area contributed by atoms with Crippen LogP contribution in [-0.2, 0) is 11.2 Å². The maximum atomic E-state index is 12.0. The fourth-order valence-corrected chi connectivity index (χ4v) is 2.60. The molecule has 3 rings (SSSR count). The second-order valence-electron chi connectivity index (χ2n) is 5.15. The lowest BCUT2D eigenvalue weighted by Gasteiger charge is -2.21. The standard InChI is InChI=1S/C17H15NO4/c19-16(20)13-7-4-8-14(10-13)18-15(11-22-17(18)21)9-12-5-2-1-3-6-12/h1-8,10,15H,9,11H2,(H,19,20). The number of carboxylic acid groups (broad SMARTS) is 1. The summed E-state index contributed by atoms with van der Waals surface area (Å²) in [6, 6.07) is 16.0. The molecule has 0 spiro atoms. The number of carbonyl (C=O) groups excluding carboxylic acids is 1. The summed E-state index contributed by atoms with van der Waals surface area (Å²) in [4.78, 5) is 24.6. The summed E-state index contributed by atoms with van der Waals surface area (Å²) in [5, 5.41) is 9.08. The summed E-state index contributed by atoms with van der Waals surface area (Å²) in [5.74, 6) is -1.02. The number of carbonyl (C=O) groups is 2. The molecule has 0 saturated carbocycles. The lowest BCUT2D eigenvalue weighted by molar-refractivity contribution is 0.0697. The van der Waals surface area contributed by atoms with E-state index in [1.165, 1.54) is 17.0 Å². The quantitative estimate of drug-likeness (QED) is 0.942. The van der Waals surface area contributed by atoms with E-state index in [1.54, 1.807) is 12.1 Å². The fourth-order valence-electron chi connectivity index (χ4n) is 2.60. The van der Waals surface area contributed by atoms with Crippen molar-refractivity contribution < 1.29 is 19.4 Å². The van der Waals surface area contributed by atoms with E-state index in [-0.39, 0.29) is 11.6 Å². The molecule has 1 atom stereocenters. The van der Waals surface area contributed by atoms with Crippen LogP contribution >= 0.6 is 0 Å². The Morgan fingerprint density at radius 3 is 2.68 bits per heavy atom. The van der Waals surface area contributed by atoms with Crippen LogP contribution in [0.1, 0.15) is 15.9 Å². The number of cyclic esters (lactones) is 1. The van der Waals surface area contributed by atoms with Gasteiger partial charge in [-0.25, -0.2) is 9.59 Å². The third kappa shape index (κ3) is 2.79. The molecule has 22 heavy (non-hydrogen) atoms. The van der Waals surface area contributed by atoms with Gasteiger partial charge in [0.15, 0.2) is 0 Å². The average Bonchev–Trinajstić information content (AvgIpc) is 2.89. The molecule has 0 aliphatic carbocycles. The van der Waals surface area contributed by atoms with Crippen LogP contribution in [0.4, 0.5) is 10.5 Å². The Balaban J connectivity index is 1.88. The van der Waals surface area contributed by atoms with E-state index in [9.17, 15) is 9.59 Å². The van der Waals surface area contributed by atoms with Crippen LogP contribution in [0.25, 0.3) is 0 Å². The van der Waals surface area contributed by atoms with Crippen molar-refractivity contribution in [3.63, 3.8) is 0 Å². The first kappa shape index (κ1) is 14.1. The Morgan fingerprint density at radius 2 is 1.95 bits per heavy atom. The topological polar surface area (TPSA) is 66.8 Å². The molecular formula is C17H15NO4. The number of carboxylic acids is 1. The zero-order valence-corrected chi connectivity index (χ0v) is 11.8. The van der Waals surface area contributed by atoms with E-state index in [1.807, 2.05) is 30.3 Å². The van der Waals surface area contributed by atoms with Crippen LogP contribution in [0, 0.1) is 0 Å². The molecule has 1 fully saturated rings. The van der Waals surface area contributed by atoms with Crippen LogP contribution in [0.2, 0.25) is 0 Å². The molecule has 1 saturated heterocycles. The first-order chi connectivity index (χ1) is 10.6. The van der Waals surface area contributed by atoms with Crippen molar-refractivity contribution in [2.24, 2.45) is 0 Å². The van der Waals surface area contributed by atoms with Gasteiger partial charge in [0.25, 0.3) is 0 Å². The summed E-state index contributed by atoms with van der Waals surface area (Å²) >= 11 is 0. The van der Waals surface area contributed by atoms with Gasteiger partial charge in [-0.3, -0.25) is 4.90 Å². The Labute approximate surface area is 127 Å². The smallest absolute Gasteiger partial charge is 0.414 e. The average molecular weight is 297 g/mol. The molecule has 1 heterocycles. The predicted octanol–water partition coefficient (Wildman–Crippen LogP) is 2.95. The van der Waals surface area contributed by atoms with Crippen LogP contribution < -0.4 is 4.90 Å². The normalized spacial score (nSPS) is 17.4. The number of nitrogens with zero attached hydrogens (tertiary/aromatic N) is 1. The van der Waals surface area contributed by atoms with Gasteiger partial charge in [0.1, 0.15) is 6.61 Å². The van der Waals surface area contributed by atoms with Gasteiger partial charge < -0.3 is 9.84 Å². The van der Waals surface area contributed by atoms with Crippen molar-refractivity contribution in [2.75, 3.05) is 11.5 Å². The zero-order chi connectivity index (χ0) is 15.5. The summed E-state index contributed by atoms with van der Waals surface area (Å²) in [6.07, 6.45) is 0.215. The molecule has 2 aromatic carbocycles. The third-order valence-electron chi connectivity index (χ3n) is 3.65. The molecule has 0 aromatic heterocycles. The first-order valence-electron chi connectivity index (χ1n) is 6.98. The SMILES string of the molecule is O=C(O)c1cccc(N2C(=O)OCC2Cc2ccccc2)c1. The number of ether oxygens (including phenoxy) is 1. The highest BCUT2D eigenvalue weighted by Gasteiger charge is 2.34. The number of aromatic carboxylic acids is 1. The second-order valence-corrected chi connectivity index (χ2v) is 5.15. The molecule has 5 nitrogen and oxygen atoms in total. The van der Waals surface area contributed by atoms with Crippen molar-refractivity contribution in [3.05, 3.63) is 65.7 Å². The summed E-state index contributed by atoms with van der Waals surface area (Å²) in [6.45, 7) is 0.297. The minimum Gasteiger partial charge on any atom is -0.478 e. The summed E-state index contributed by atoms with van der Waals surface area (Å²) < 4.78 is 5.14. The summed E-state index contributed by atoms with van der Waals surface area (Å²) in [7, 11) is 0. The number of amides is 1. The Morgan fingerprint density at radius 1 is 1.18 bits per heavy atom. The fraction of sp³-hybridized carbons (Fsp3) is 0.176. The zero-order valence-electron chi connectivity index (χ0n) is 11.8. The van der Waals surface area contributed by atoms with Crippen LogP contribution in [0.15, 0.2) is 54.6 Å². The van der Waals surface area contributed by atoms with Gasteiger partial charge in [-0.2, -0.15) is 0 Å². The molecule has 0 bridgehead atoms. The lowest BCUT2D eigenvalue weighted by atomic mass is 10.1. The Bertz CT molecular complexity index is 699. The van der Waals surface area contributed by atoms with E-state index in [0.717, 1.165) is 5.56 Å². The monoisotopic (exact) mass is 297 g/mol. The highest BCUT2D eigenvalue weighted by molar-refractivity contribution is 5.94. The van der Waals surface area contributed by atoms with Gasteiger partial charge in [-0.1, -0.05) is 36.4 Å². The molecule has 1 unspecified atom stereocenters. The van der Waals surface area contributed by atoms with Crippen LogP contribution in [-0.4, -0.2) is 29.8 Å². The summed E-state index contributed by atoms with van der Waals surface area (Å²) in [5.41, 5.74) is 1.80. The van der Waals surface area contributed by atoms with E-state index in [0.29, 0.717) is 18.7 Å². The Hall–Kier alpha value is -2.82. The van der Waals surface area contributed by atoms with Crippen molar-refractivity contribution in [2.45, 2.75) is 12.5 Å². The lowest BCUT2D eigenvalue weighted by Crippen LogP contribution is -2.35. The minimum absolute atomic E-state index is 0.140. The van der Waals surface area contributed by atoms with Crippen LogP contribution in [0.5, 0.6) is 0 Å². The van der Waals surface area contributed by atoms with Gasteiger partial charge in [-0.15, -0.1) is 0 Å². The van der Waals surface area contributed by atoms with E-state index in [4.69, 9.17) is 9.84 Å². The van der Waals surface area contributed by atoms with Crippen molar-refractivity contribution in [1.82, 2.24) is 0 Å². The molecular weight excluding hydrogens is 282 g/mol. The second kappa shape index (κ2) is 5.89. The number of rotatable bonds is 4. The van der Waals surface area contributed by atoms with Gasteiger partial charge in [0.05, 0.1) is 11.6 Å².